The highest BCUT2D eigenvalue weighted by molar-refractivity contribution is 4.86. The summed E-state index contributed by atoms with van der Waals surface area (Å²) in [6, 6.07) is 0. The minimum Gasteiger partial charge on any atom is -0.393 e. The number of hydrogen-bond donors (Lipinski definition) is 2. The fourth-order valence-electron chi connectivity index (χ4n) is 1.67. The van der Waals surface area contributed by atoms with Crippen LogP contribution in [0.25, 0.3) is 0 Å². The van der Waals surface area contributed by atoms with Crippen LogP contribution in [0.5, 0.6) is 0 Å². The van der Waals surface area contributed by atoms with Gasteiger partial charge in [0.05, 0.1) is 6.10 Å². The third kappa shape index (κ3) is 3.26. The van der Waals surface area contributed by atoms with Crippen LogP contribution in [0.4, 0.5) is 0 Å². The molecule has 2 N–H and O–H groups in total. The molecule has 0 radical (unpaired) electrons. The van der Waals surface area contributed by atoms with E-state index < -0.39 is 0 Å². The molecule has 1 fully saturated rings. The molecule has 0 bridgehead atoms. The Morgan fingerprint density at radius 2 is 2.00 bits per heavy atom. The van der Waals surface area contributed by atoms with Gasteiger partial charge in [0.2, 0.25) is 0 Å². The van der Waals surface area contributed by atoms with E-state index in [1.165, 1.54) is 0 Å². The molecule has 0 heterocycles. The van der Waals surface area contributed by atoms with Crippen molar-refractivity contribution in [2.24, 2.45) is 5.92 Å². The Kier molecular flexibility index (Phi) is 3.60. The van der Waals surface area contributed by atoms with Gasteiger partial charge in [-0.15, -0.1) is 0 Å². The van der Waals surface area contributed by atoms with Crippen LogP contribution in [0.2, 0.25) is 0 Å². The number of aliphatic hydroxyl groups excluding tert-OH is 1. The van der Waals surface area contributed by atoms with E-state index in [4.69, 9.17) is 0 Å². The molecule has 12 heavy (non-hydrogen) atoms. The smallest absolute Gasteiger partial charge is 0.0540 e. The normalized spacial score (nSPS) is 29.8. The van der Waals surface area contributed by atoms with Crippen molar-refractivity contribution in [3.63, 3.8) is 0 Å². The molecule has 2 nitrogen and oxygen atoms in total. The Hall–Kier alpha value is -0.500. The summed E-state index contributed by atoms with van der Waals surface area (Å²) in [6.45, 7) is 6.81. The van der Waals surface area contributed by atoms with Gasteiger partial charge in [0, 0.05) is 12.2 Å². The maximum absolute atomic E-state index is 9.27. The van der Waals surface area contributed by atoms with Gasteiger partial charge in [0.25, 0.3) is 0 Å². The first kappa shape index (κ1) is 9.59. The monoisotopic (exact) mass is 169 g/mol. The van der Waals surface area contributed by atoms with E-state index >= 15 is 0 Å². The van der Waals surface area contributed by atoms with Crippen LogP contribution in [-0.4, -0.2) is 17.8 Å². The van der Waals surface area contributed by atoms with Crippen molar-refractivity contribution in [2.45, 2.75) is 38.7 Å². The van der Waals surface area contributed by atoms with Crippen LogP contribution < -0.4 is 5.32 Å². The Morgan fingerprint density at radius 3 is 2.50 bits per heavy atom. The molecule has 70 valence electrons. The van der Waals surface area contributed by atoms with Gasteiger partial charge in [-0.05, 0) is 38.5 Å². The van der Waals surface area contributed by atoms with Crippen LogP contribution in [0.1, 0.15) is 32.6 Å². The second-order valence-corrected chi connectivity index (χ2v) is 3.84. The van der Waals surface area contributed by atoms with Gasteiger partial charge >= 0.3 is 0 Å². The lowest BCUT2D eigenvalue weighted by atomic mass is 9.87. The predicted molar refractivity (Wildman–Crippen MR) is 50.8 cm³/mol. The fraction of sp³-hybridized carbons (Fsp3) is 0.800. The fourth-order valence-corrected chi connectivity index (χ4v) is 1.67. The summed E-state index contributed by atoms with van der Waals surface area (Å²) in [6.07, 6.45) is 4.22. The quantitative estimate of drug-likeness (QED) is 0.673. The second kappa shape index (κ2) is 4.51. The molecule has 2 heteroatoms. The molecular formula is C10H19NO. The van der Waals surface area contributed by atoms with Crippen LogP contribution in [0.15, 0.2) is 12.3 Å². The van der Waals surface area contributed by atoms with E-state index in [1.807, 2.05) is 6.92 Å². The number of rotatable bonds is 3. The number of nitrogens with one attached hydrogen (secondary N) is 1. The van der Waals surface area contributed by atoms with Gasteiger partial charge in [0.15, 0.2) is 0 Å². The first-order chi connectivity index (χ1) is 5.68. The van der Waals surface area contributed by atoms with E-state index in [9.17, 15) is 5.11 Å². The molecule has 0 aromatic rings. The average molecular weight is 169 g/mol. The summed E-state index contributed by atoms with van der Waals surface area (Å²) >= 11 is 0. The molecule has 0 atom stereocenters. The summed E-state index contributed by atoms with van der Waals surface area (Å²) in [7, 11) is 0. The molecule has 0 unspecified atom stereocenters. The summed E-state index contributed by atoms with van der Waals surface area (Å²) in [5.74, 6) is 0.741. The SMILES string of the molecule is C=C(C)NCC1CCC(O)CC1. The Balaban J connectivity index is 2.13. The first-order valence-electron chi connectivity index (χ1n) is 4.76. The lowest BCUT2D eigenvalue weighted by Crippen LogP contribution is -2.26. The molecule has 0 saturated heterocycles. The van der Waals surface area contributed by atoms with E-state index in [2.05, 4.69) is 11.9 Å². The van der Waals surface area contributed by atoms with Gasteiger partial charge in [-0.25, -0.2) is 0 Å². The number of hydrogen-bond acceptors (Lipinski definition) is 2. The van der Waals surface area contributed by atoms with Crippen molar-refractivity contribution in [1.29, 1.82) is 0 Å². The minimum atomic E-state index is -0.0360. The van der Waals surface area contributed by atoms with Crippen molar-refractivity contribution in [2.75, 3.05) is 6.54 Å². The van der Waals surface area contributed by atoms with Gasteiger partial charge in [-0.2, -0.15) is 0 Å². The van der Waals surface area contributed by atoms with E-state index in [0.29, 0.717) is 0 Å². The third-order valence-electron chi connectivity index (χ3n) is 2.51. The topological polar surface area (TPSA) is 32.3 Å². The van der Waals surface area contributed by atoms with Crippen LogP contribution in [0, 0.1) is 5.92 Å². The number of aliphatic hydroxyl groups is 1. The van der Waals surface area contributed by atoms with Crippen molar-refractivity contribution < 1.29 is 5.11 Å². The van der Waals surface area contributed by atoms with Crippen LogP contribution in [-0.2, 0) is 0 Å². The molecule has 0 aromatic carbocycles. The first-order valence-corrected chi connectivity index (χ1v) is 4.76. The van der Waals surface area contributed by atoms with Crippen molar-refractivity contribution in [3.05, 3.63) is 12.3 Å². The molecule has 1 rings (SSSR count). The maximum atomic E-state index is 9.27. The van der Waals surface area contributed by atoms with E-state index in [1.54, 1.807) is 0 Å². The molecule has 1 aliphatic rings. The van der Waals surface area contributed by atoms with Crippen LogP contribution >= 0.6 is 0 Å². The van der Waals surface area contributed by atoms with Crippen LogP contribution in [0.3, 0.4) is 0 Å². The zero-order valence-electron chi connectivity index (χ0n) is 7.84. The average Bonchev–Trinajstić information content (AvgIpc) is 2.03. The summed E-state index contributed by atoms with van der Waals surface area (Å²) in [4.78, 5) is 0. The van der Waals surface area contributed by atoms with Gasteiger partial charge < -0.3 is 10.4 Å². The molecule has 0 aliphatic heterocycles. The highest BCUT2D eigenvalue weighted by atomic mass is 16.3. The number of allylic oxidation sites excluding steroid dienone is 1. The minimum absolute atomic E-state index is 0.0360. The Bertz CT molecular complexity index is 148. The zero-order valence-corrected chi connectivity index (χ0v) is 7.84. The highest BCUT2D eigenvalue weighted by Crippen LogP contribution is 2.23. The predicted octanol–water partition coefficient (Wildman–Crippen LogP) is 1.66. The lowest BCUT2D eigenvalue weighted by molar-refractivity contribution is 0.109. The molecule has 0 amide bonds. The van der Waals surface area contributed by atoms with Crippen molar-refractivity contribution in [1.82, 2.24) is 5.32 Å². The summed E-state index contributed by atoms with van der Waals surface area (Å²) in [5.41, 5.74) is 1.04. The summed E-state index contributed by atoms with van der Waals surface area (Å²) < 4.78 is 0. The molecular weight excluding hydrogens is 150 g/mol. The van der Waals surface area contributed by atoms with Gasteiger partial charge in [-0.3, -0.25) is 0 Å². The van der Waals surface area contributed by atoms with Gasteiger partial charge in [-0.1, -0.05) is 6.58 Å². The maximum Gasteiger partial charge on any atom is 0.0540 e. The van der Waals surface area contributed by atoms with Crippen molar-refractivity contribution in [3.8, 4) is 0 Å². The molecule has 1 aliphatic carbocycles. The second-order valence-electron chi connectivity index (χ2n) is 3.84. The van der Waals surface area contributed by atoms with Gasteiger partial charge in [0.1, 0.15) is 0 Å². The third-order valence-corrected chi connectivity index (χ3v) is 2.51. The zero-order chi connectivity index (χ0) is 8.97. The molecule has 0 spiro atoms. The largest absolute Gasteiger partial charge is 0.393 e. The molecule has 1 saturated carbocycles. The van der Waals surface area contributed by atoms with E-state index in [0.717, 1.165) is 43.8 Å². The highest BCUT2D eigenvalue weighted by Gasteiger charge is 2.18. The van der Waals surface area contributed by atoms with E-state index in [-0.39, 0.29) is 6.10 Å². The molecule has 0 aromatic heterocycles. The Morgan fingerprint density at radius 1 is 1.42 bits per heavy atom. The van der Waals surface area contributed by atoms with Crippen molar-refractivity contribution >= 4 is 0 Å². The Labute approximate surface area is 74.7 Å². The summed E-state index contributed by atoms with van der Waals surface area (Å²) in [5, 5.41) is 12.5. The standard InChI is InChI=1S/C10H19NO/c1-8(2)11-7-9-3-5-10(12)6-4-9/h9-12H,1,3-7H2,2H3. The lowest BCUT2D eigenvalue weighted by Gasteiger charge is -2.25.